The van der Waals surface area contributed by atoms with Gasteiger partial charge in [-0.3, -0.25) is 4.79 Å². The molecule has 0 spiro atoms. The first-order valence-electron chi connectivity index (χ1n) is 6.77. The SMILES string of the molecule is COC(=O)C(C)CSCc1coc(-c2ccc(C)cc2)n1. The summed E-state index contributed by atoms with van der Waals surface area (Å²) in [7, 11) is 1.41. The van der Waals surface area contributed by atoms with Crippen LogP contribution in [0.5, 0.6) is 0 Å². The van der Waals surface area contributed by atoms with Crippen LogP contribution in [0.2, 0.25) is 0 Å². The molecule has 0 saturated carbocycles. The first kappa shape index (κ1) is 15.6. The van der Waals surface area contributed by atoms with Gasteiger partial charge in [-0.15, -0.1) is 0 Å². The molecule has 0 aliphatic rings. The monoisotopic (exact) mass is 305 g/mol. The lowest BCUT2D eigenvalue weighted by atomic mass is 10.1. The quantitative estimate of drug-likeness (QED) is 0.762. The molecule has 1 aromatic carbocycles. The minimum Gasteiger partial charge on any atom is -0.469 e. The van der Waals surface area contributed by atoms with Crippen LogP contribution < -0.4 is 0 Å². The summed E-state index contributed by atoms with van der Waals surface area (Å²) in [4.78, 5) is 15.8. The average Bonchev–Trinajstić information content (AvgIpc) is 2.95. The molecular formula is C16H19NO3S. The summed E-state index contributed by atoms with van der Waals surface area (Å²) in [6, 6.07) is 8.06. The lowest BCUT2D eigenvalue weighted by molar-refractivity contribution is -0.143. The number of ether oxygens (including phenoxy) is 1. The van der Waals surface area contributed by atoms with Crippen LogP contribution in [0.4, 0.5) is 0 Å². The van der Waals surface area contributed by atoms with Crippen molar-refractivity contribution in [1.82, 2.24) is 4.98 Å². The van der Waals surface area contributed by atoms with Crippen molar-refractivity contribution < 1.29 is 13.9 Å². The number of methoxy groups -OCH3 is 1. The highest BCUT2D eigenvalue weighted by Crippen LogP contribution is 2.22. The van der Waals surface area contributed by atoms with Crippen molar-refractivity contribution in [1.29, 1.82) is 0 Å². The summed E-state index contributed by atoms with van der Waals surface area (Å²) in [6.07, 6.45) is 1.67. The standard InChI is InChI=1S/C16H19NO3S/c1-11-4-6-13(7-5-11)15-17-14(8-20-15)10-21-9-12(2)16(18)19-3/h4-8,12H,9-10H2,1-3H3. The Kier molecular flexibility index (Phi) is 5.44. The number of carbonyl (C=O) groups excluding carboxylic acids is 1. The minimum atomic E-state index is -0.178. The van der Waals surface area contributed by atoms with Crippen LogP contribution in [-0.4, -0.2) is 23.8 Å². The zero-order valence-electron chi connectivity index (χ0n) is 12.5. The molecule has 0 bridgehead atoms. The third-order valence-corrected chi connectivity index (χ3v) is 4.31. The fraction of sp³-hybridized carbons (Fsp3) is 0.375. The molecule has 1 heterocycles. The van der Waals surface area contributed by atoms with Gasteiger partial charge < -0.3 is 9.15 Å². The Morgan fingerprint density at radius 3 is 2.76 bits per heavy atom. The van der Waals surface area contributed by atoms with E-state index in [0.717, 1.165) is 17.0 Å². The average molecular weight is 305 g/mol. The highest BCUT2D eigenvalue weighted by molar-refractivity contribution is 7.98. The third kappa shape index (κ3) is 4.36. The number of esters is 1. The Balaban J connectivity index is 1.89. The van der Waals surface area contributed by atoms with E-state index < -0.39 is 0 Å². The van der Waals surface area contributed by atoms with Crippen LogP contribution in [-0.2, 0) is 15.3 Å². The largest absolute Gasteiger partial charge is 0.469 e. The number of rotatable bonds is 6. The zero-order valence-corrected chi connectivity index (χ0v) is 13.3. The van der Waals surface area contributed by atoms with Crippen LogP contribution in [0.1, 0.15) is 18.2 Å². The zero-order chi connectivity index (χ0) is 15.2. The molecule has 0 fully saturated rings. The number of nitrogens with zero attached hydrogens (tertiary/aromatic N) is 1. The molecule has 2 aromatic rings. The summed E-state index contributed by atoms with van der Waals surface area (Å²) >= 11 is 1.65. The molecule has 0 N–H and O–H groups in total. The fourth-order valence-electron chi connectivity index (χ4n) is 1.81. The van der Waals surface area contributed by atoms with Gasteiger partial charge in [0.1, 0.15) is 6.26 Å². The number of thioether (sulfide) groups is 1. The summed E-state index contributed by atoms with van der Waals surface area (Å²) in [5.74, 6) is 1.77. The second kappa shape index (κ2) is 7.31. The van der Waals surface area contributed by atoms with Gasteiger partial charge in [-0.25, -0.2) is 4.98 Å². The first-order chi connectivity index (χ1) is 10.1. The van der Waals surface area contributed by atoms with Gasteiger partial charge in [0.25, 0.3) is 0 Å². The molecular weight excluding hydrogens is 286 g/mol. The van der Waals surface area contributed by atoms with Crippen molar-refractivity contribution in [2.24, 2.45) is 5.92 Å². The summed E-state index contributed by atoms with van der Waals surface area (Å²) < 4.78 is 10.2. The molecule has 0 saturated heterocycles. The van der Waals surface area contributed by atoms with Gasteiger partial charge in [0, 0.05) is 17.1 Å². The van der Waals surface area contributed by atoms with E-state index in [0.29, 0.717) is 11.6 Å². The van der Waals surface area contributed by atoms with Crippen LogP contribution >= 0.6 is 11.8 Å². The summed E-state index contributed by atoms with van der Waals surface area (Å²) in [5.41, 5.74) is 3.06. The molecule has 112 valence electrons. The van der Waals surface area contributed by atoms with Gasteiger partial charge in [-0.2, -0.15) is 11.8 Å². The van der Waals surface area contributed by atoms with Crippen LogP contribution in [0.3, 0.4) is 0 Å². The van der Waals surface area contributed by atoms with Crippen molar-refractivity contribution in [3.63, 3.8) is 0 Å². The molecule has 1 atom stereocenters. The van der Waals surface area contributed by atoms with Gasteiger partial charge in [-0.1, -0.05) is 24.6 Å². The molecule has 0 aliphatic heterocycles. The lowest BCUT2D eigenvalue weighted by Crippen LogP contribution is -2.14. The fourth-order valence-corrected chi connectivity index (χ4v) is 2.76. The molecule has 0 radical (unpaired) electrons. The molecule has 21 heavy (non-hydrogen) atoms. The Hall–Kier alpha value is -1.75. The van der Waals surface area contributed by atoms with Gasteiger partial charge in [0.15, 0.2) is 0 Å². The smallest absolute Gasteiger partial charge is 0.309 e. The third-order valence-electron chi connectivity index (χ3n) is 3.07. The van der Waals surface area contributed by atoms with Crippen LogP contribution in [0.15, 0.2) is 34.9 Å². The van der Waals surface area contributed by atoms with E-state index >= 15 is 0 Å². The summed E-state index contributed by atoms with van der Waals surface area (Å²) in [5, 5.41) is 0. The maximum absolute atomic E-state index is 11.3. The highest BCUT2D eigenvalue weighted by atomic mass is 32.2. The number of aryl methyl sites for hydroxylation is 1. The molecule has 4 nitrogen and oxygen atoms in total. The Labute approximate surface area is 128 Å². The number of aromatic nitrogens is 1. The maximum atomic E-state index is 11.3. The number of oxazole rings is 1. The molecule has 1 aromatic heterocycles. The van der Waals surface area contributed by atoms with Gasteiger partial charge in [-0.05, 0) is 19.1 Å². The summed E-state index contributed by atoms with van der Waals surface area (Å²) in [6.45, 7) is 3.91. The van der Waals surface area contributed by atoms with Gasteiger partial charge in [0.05, 0.1) is 18.7 Å². The molecule has 0 amide bonds. The Morgan fingerprint density at radius 1 is 1.38 bits per heavy atom. The van der Waals surface area contributed by atoms with Crippen molar-refractivity contribution in [2.75, 3.05) is 12.9 Å². The van der Waals surface area contributed by atoms with Crippen molar-refractivity contribution in [2.45, 2.75) is 19.6 Å². The minimum absolute atomic E-state index is 0.108. The van der Waals surface area contributed by atoms with E-state index in [9.17, 15) is 4.79 Å². The molecule has 1 unspecified atom stereocenters. The number of benzene rings is 1. The Bertz CT molecular complexity index is 592. The predicted octanol–water partition coefficient (Wildman–Crippen LogP) is 3.69. The number of hydrogen-bond donors (Lipinski definition) is 0. The molecule has 0 aliphatic carbocycles. The first-order valence-corrected chi connectivity index (χ1v) is 7.92. The van der Waals surface area contributed by atoms with Crippen molar-refractivity contribution in [3.8, 4) is 11.5 Å². The maximum Gasteiger partial charge on any atom is 0.309 e. The second-order valence-corrected chi connectivity index (χ2v) is 5.98. The van der Waals surface area contributed by atoms with Crippen molar-refractivity contribution >= 4 is 17.7 Å². The number of carbonyl (C=O) groups is 1. The van der Waals surface area contributed by atoms with E-state index in [1.807, 2.05) is 38.1 Å². The van der Waals surface area contributed by atoms with Gasteiger partial charge >= 0.3 is 5.97 Å². The van der Waals surface area contributed by atoms with E-state index in [-0.39, 0.29) is 11.9 Å². The van der Waals surface area contributed by atoms with E-state index in [2.05, 4.69) is 4.98 Å². The van der Waals surface area contributed by atoms with Crippen LogP contribution in [0.25, 0.3) is 11.5 Å². The second-order valence-electron chi connectivity index (χ2n) is 4.95. The predicted molar refractivity (Wildman–Crippen MR) is 84.0 cm³/mol. The number of hydrogen-bond acceptors (Lipinski definition) is 5. The molecule has 2 rings (SSSR count). The van der Waals surface area contributed by atoms with E-state index in [1.54, 1.807) is 18.0 Å². The van der Waals surface area contributed by atoms with Crippen molar-refractivity contribution in [3.05, 3.63) is 41.8 Å². The normalized spacial score (nSPS) is 12.1. The van der Waals surface area contributed by atoms with Gasteiger partial charge in [0.2, 0.25) is 5.89 Å². The van der Waals surface area contributed by atoms with E-state index in [4.69, 9.17) is 9.15 Å². The topological polar surface area (TPSA) is 52.3 Å². The van der Waals surface area contributed by atoms with Crippen LogP contribution in [0, 0.1) is 12.8 Å². The molecule has 5 heteroatoms. The highest BCUT2D eigenvalue weighted by Gasteiger charge is 2.13. The Morgan fingerprint density at radius 2 is 2.10 bits per heavy atom. The van der Waals surface area contributed by atoms with E-state index in [1.165, 1.54) is 12.7 Å². The lowest BCUT2D eigenvalue weighted by Gasteiger charge is -2.07.